The van der Waals surface area contributed by atoms with Gasteiger partial charge in [-0.1, -0.05) is 35.2 Å². The van der Waals surface area contributed by atoms with Crippen molar-refractivity contribution in [3.05, 3.63) is 39.1 Å². The summed E-state index contributed by atoms with van der Waals surface area (Å²) in [5.74, 6) is 0.560. The molecule has 6 nitrogen and oxygen atoms in total. The van der Waals surface area contributed by atoms with Crippen LogP contribution in [-0.2, 0) is 9.59 Å². The lowest BCUT2D eigenvalue weighted by Gasteiger charge is -2.13. The fourth-order valence-electron chi connectivity index (χ4n) is 2.04. The Labute approximate surface area is 151 Å². The highest BCUT2D eigenvalue weighted by molar-refractivity contribution is 8.26. The van der Waals surface area contributed by atoms with E-state index in [1.54, 1.807) is 24.3 Å². The van der Waals surface area contributed by atoms with Gasteiger partial charge in [0, 0.05) is 23.9 Å². The molecule has 0 aliphatic carbocycles. The van der Waals surface area contributed by atoms with Gasteiger partial charge in [-0.05, 0) is 24.4 Å². The Balaban J connectivity index is 1.58. The van der Waals surface area contributed by atoms with Crippen molar-refractivity contribution in [2.24, 2.45) is 0 Å². The van der Waals surface area contributed by atoms with Gasteiger partial charge in [0.05, 0.1) is 4.91 Å². The minimum atomic E-state index is -0.250. The topological polar surface area (TPSA) is 75.4 Å². The van der Waals surface area contributed by atoms with Gasteiger partial charge in [-0.2, -0.15) is 0 Å². The van der Waals surface area contributed by atoms with E-state index in [1.165, 1.54) is 16.7 Å². The molecule has 3 heterocycles. The molecule has 0 bridgehead atoms. The maximum absolute atomic E-state index is 12.4. The smallest absolute Gasteiger partial charge is 0.266 e. The molecule has 0 spiro atoms. The van der Waals surface area contributed by atoms with E-state index < -0.39 is 0 Å². The summed E-state index contributed by atoms with van der Waals surface area (Å²) in [6.07, 6.45) is 1.95. The number of carbonyl (C=O) groups excluding carboxylic acids is 2. The van der Waals surface area contributed by atoms with Gasteiger partial charge in [-0.15, -0.1) is 11.3 Å². The monoisotopic (exact) mass is 379 g/mol. The summed E-state index contributed by atoms with van der Waals surface area (Å²) in [5.41, 5.74) is 0. The van der Waals surface area contributed by atoms with Crippen LogP contribution in [0.4, 0.5) is 5.82 Å². The zero-order chi connectivity index (χ0) is 17.1. The SMILES string of the molecule is Cc1cc(NC(=O)CCN2C(=O)/C(=C\c3cccs3)SC2=S)no1. The van der Waals surface area contributed by atoms with E-state index in [-0.39, 0.29) is 24.8 Å². The first kappa shape index (κ1) is 16.9. The summed E-state index contributed by atoms with van der Waals surface area (Å²) in [5, 5.41) is 8.26. The van der Waals surface area contributed by atoms with Crippen molar-refractivity contribution in [2.45, 2.75) is 13.3 Å². The molecule has 0 saturated carbocycles. The molecule has 0 atom stereocenters. The third kappa shape index (κ3) is 3.92. The second-order valence-corrected chi connectivity index (χ2v) is 7.62. The first-order valence-corrected chi connectivity index (χ1v) is 9.15. The molecule has 1 fully saturated rings. The number of nitrogens with one attached hydrogen (secondary N) is 1. The Bertz CT molecular complexity index is 811. The number of carbonyl (C=O) groups is 2. The van der Waals surface area contributed by atoms with Crippen LogP contribution >= 0.6 is 35.3 Å². The summed E-state index contributed by atoms with van der Waals surface area (Å²) in [7, 11) is 0. The molecule has 1 saturated heterocycles. The van der Waals surface area contributed by atoms with Crippen LogP contribution < -0.4 is 5.32 Å². The third-order valence-corrected chi connectivity index (χ3v) is 5.35. The van der Waals surface area contributed by atoms with Crippen molar-refractivity contribution in [3.63, 3.8) is 0 Å². The van der Waals surface area contributed by atoms with Gasteiger partial charge in [0.15, 0.2) is 5.82 Å². The van der Waals surface area contributed by atoms with Crippen LogP contribution in [0.25, 0.3) is 6.08 Å². The van der Waals surface area contributed by atoms with Crippen LogP contribution in [0.5, 0.6) is 0 Å². The first-order chi connectivity index (χ1) is 11.5. The zero-order valence-electron chi connectivity index (χ0n) is 12.6. The van der Waals surface area contributed by atoms with Crippen LogP contribution in [0.3, 0.4) is 0 Å². The van der Waals surface area contributed by atoms with E-state index in [0.717, 1.165) is 4.88 Å². The van der Waals surface area contributed by atoms with Gasteiger partial charge in [0.2, 0.25) is 5.91 Å². The molecule has 1 aliphatic rings. The Morgan fingerprint density at radius 1 is 1.54 bits per heavy atom. The summed E-state index contributed by atoms with van der Waals surface area (Å²) in [6.45, 7) is 1.97. The van der Waals surface area contributed by atoms with Crippen molar-refractivity contribution in [2.75, 3.05) is 11.9 Å². The average molecular weight is 379 g/mol. The van der Waals surface area contributed by atoms with Crippen molar-refractivity contribution >= 4 is 63.3 Å². The molecule has 1 aliphatic heterocycles. The lowest BCUT2D eigenvalue weighted by Crippen LogP contribution is -2.31. The Morgan fingerprint density at radius 2 is 2.38 bits per heavy atom. The van der Waals surface area contributed by atoms with Crippen molar-refractivity contribution in [1.82, 2.24) is 10.1 Å². The molecular weight excluding hydrogens is 366 g/mol. The number of aromatic nitrogens is 1. The third-order valence-electron chi connectivity index (χ3n) is 3.15. The fraction of sp³-hybridized carbons (Fsp3) is 0.200. The number of hydrogen-bond donors (Lipinski definition) is 1. The number of amides is 2. The molecule has 1 N–H and O–H groups in total. The molecule has 2 aromatic rings. The van der Waals surface area contributed by atoms with E-state index in [0.29, 0.717) is 20.8 Å². The van der Waals surface area contributed by atoms with E-state index in [4.69, 9.17) is 16.7 Å². The molecule has 24 heavy (non-hydrogen) atoms. The number of thioether (sulfide) groups is 1. The average Bonchev–Trinajstić information content (AvgIpc) is 3.23. The van der Waals surface area contributed by atoms with E-state index >= 15 is 0 Å². The number of aryl methyl sites for hydroxylation is 1. The van der Waals surface area contributed by atoms with E-state index in [9.17, 15) is 9.59 Å². The van der Waals surface area contributed by atoms with Gasteiger partial charge in [-0.25, -0.2) is 0 Å². The molecule has 0 unspecified atom stereocenters. The predicted molar refractivity (Wildman–Crippen MR) is 98.7 cm³/mol. The normalized spacial score (nSPS) is 16.2. The molecule has 2 amide bonds. The molecule has 0 radical (unpaired) electrons. The number of thiocarbonyl (C=S) groups is 1. The Kier molecular flexibility index (Phi) is 5.12. The number of anilines is 1. The molecule has 0 aromatic carbocycles. The number of nitrogens with zero attached hydrogens (tertiary/aromatic N) is 2. The minimum Gasteiger partial charge on any atom is -0.360 e. The second-order valence-electron chi connectivity index (χ2n) is 4.97. The van der Waals surface area contributed by atoms with E-state index in [2.05, 4.69) is 10.5 Å². The zero-order valence-corrected chi connectivity index (χ0v) is 15.1. The number of hydrogen-bond acceptors (Lipinski definition) is 7. The second kappa shape index (κ2) is 7.29. The standard InChI is InChI=1S/C15H13N3O3S3/c1-9-7-12(17-21-9)16-13(19)4-5-18-14(20)11(24-15(18)22)8-10-3-2-6-23-10/h2-3,6-8H,4-5H2,1H3,(H,16,17,19)/b11-8+. The van der Waals surface area contributed by atoms with Crippen LogP contribution in [0, 0.1) is 6.92 Å². The highest BCUT2D eigenvalue weighted by atomic mass is 32.2. The van der Waals surface area contributed by atoms with Gasteiger partial charge < -0.3 is 9.84 Å². The first-order valence-electron chi connectivity index (χ1n) is 7.05. The van der Waals surface area contributed by atoms with Crippen molar-refractivity contribution in [3.8, 4) is 0 Å². The highest BCUT2D eigenvalue weighted by Gasteiger charge is 2.32. The summed E-state index contributed by atoms with van der Waals surface area (Å²) in [6, 6.07) is 5.49. The van der Waals surface area contributed by atoms with E-state index in [1.807, 2.05) is 23.6 Å². The Morgan fingerprint density at radius 3 is 3.04 bits per heavy atom. The largest absolute Gasteiger partial charge is 0.360 e. The molecular formula is C15H13N3O3S3. The molecule has 2 aromatic heterocycles. The number of thiophene rings is 1. The summed E-state index contributed by atoms with van der Waals surface area (Å²) < 4.78 is 5.35. The van der Waals surface area contributed by atoms with Crippen LogP contribution in [-0.4, -0.2) is 32.7 Å². The minimum absolute atomic E-state index is 0.130. The van der Waals surface area contributed by atoms with Gasteiger partial charge >= 0.3 is 0 Å². The van der Waals surface area contributed by atoms with Crippen LogP contribution in [0.15, 0.2) is 33.0 Å². The van der Waals surface area contributed by atoms with Crippen molar-refractivity contribution in [1.29, 1.82) is 0 Å². The maximum Gasteiger partial charge on any atom is 0.266 e. The number of rotatable bonds is 5. The Hall–Kier alpha value is -1.97. The lowest BCUT2D eigenvalue weighted by molar-refractivity contribution is -0.122. The summed E-state index contributed by atoms with van der Waals surface area (Å²) >= 11 is 8.05. The van der Waals surface area contributed by atoms with Gasteiger partial charge in [0.25, 0.3) is 5.91 Å². The maximum atomic E-state index is 12.4. The van der Waals surface area contributed by atoms with Crippen molar-refractivity contribution < 1.29 is 14.1 Å². The van der Waals surface area contributed by atoms with Crippen LogP contribution in [0.1, 0.15) is 17.1 Å². The molecule has 124 valence electrons. The lowest BCUT2D eigenvalue weighted by atomic mass is 10.3. The fourth-order valence-corrected chi connectivity index (χ4v) is 4.07. The van der Waals surface area contributed by atoms with Gasteiger partial charge in [0.1, 0.15) is 10.1 Å². The predicted octanol–water partition coefficient (Wildman–Crippen LogP) is 3.27. The molecule has 9 heteroatoms. The van der Waals surface area contributed by atoms with Gasteiger partial charge in [-0.3, -0.25) is 14.5 Å². The highest BCUT2D eigenvalue weighted by Crippen LogP contribution is 2.33. The molecule has 3 rings (SSSR count). The summed E-state index contributed by atoms with van der Waals surface area (Å²) in [4.78, 5) is 27.4. The van der Waals surface area contributed by atoms with Crippen LogP contribution in [0.2, 0.25) is 0 Å². The quantitative estimate of drug-likeness (QED) is 0.635.